The van der Waals surface area contributed by atoms with Crippen LogP contribution in [-0.2, 0) is 10.2 Å². The van der Waals surface area contributed by atoms with Gasteiger partial charge in [0.05, 0.1) is 14.2 Å². The maximum Gasteiger partial charge on any atom is 0.251 e. The normalized spacial score (nSPS) is 11.0. The molecule has 6 heteroatoms. The smallest absolute Gasteiger partial charge is 0.251 e. The molecule has 2 rings (SSSR count). The summed E-state index contributed by atoms with van der Waals surface area (Å²) in [6.07, 6.45) is 0. The first-order valence-corrected chi connectivity index (χ1v) is 9.57. The van der Waals surface area contributed by atoms with Gasteiger partial charge in [0, 0.05) is 31.3 Å². The lowest BCUT2D eigenvalue weighted by molar-refractivity contribution is -0.116. The third-order valence-electron chi connectivity index (χ3n) is 4.65. The predicted molar refractivity (Wildman–Crippen MR) is 115 cm³/mol. The van der Waals surface area contributed by atoms with Crippen molar-refractivity contribution >= 4 is 17.5 Å². The van der Waals surface area contributed by atoms with E-state index in [1.54, 1.807) is 30.2 Å². The minimum atomic E-state index is -0.237. The number of anilines is 1. The molecule has 0 atom stereocenters. The van der Waals surface area contributed by atoms with Gasteiger partial charge in [0.1, 0.15) is 0 Å². The highest BCUT2D eigenvalue weighted by molar-refractivity contribution is 5.95. The summed E-state index contributed by atoms with van der Waals surface area (Å²) in [4.78, 5) is 26.5. The Balaban J connectivity index is 2.12. The van der Waals surface area contributed by atoms with Gasteiger partial charge in [0.15, 0.2) is 11.5 Å². The number of nitrogens with zero attached hydrogens (tertiary/aromatic N) is 1. The van der Waals surface area contributed by atoms with Gasteiger partial charge in [-0.05, 0) is 35.2 Å². The number of rotatable bonds is 7. The van der Waals surface area contributed by atoms with Crippen LogP contribution in [-0.4, -0.2) is 39.1 Å². The van der Waals surface area contributed by atoms with Crippen molar-refractivity contribution in [1.82, 2.24) is 5.32 Å². The largest absolute Gasteiger partial charge is 0.493 e. The number of methoxy groups -OCH3 is 2. The van der Waals surface area contributed by atoms with Crippen LogP contribution in [0.5, 0.6) is 11.5 Å². The van der Waals surface area contributed by atoms with E-state index in [1.807, 2.05) is 24.3 Å². The van der Waals surface area contributed by atoms with Crippen LogP contribution in [0.15, 0.2) is 42.5 Å². The molecule has 0 aliphatic carbocycles. The van der Waals surface area contributed by atoms with Gasteiger partial charge in [-0.2, -0.15) is 0 Å². The molecule has 0 unspecified atom stereocenters. The van der Waals surface area contributed by atoms with Crippen molar-refractivity contribution in [3.8, 4) is 11.5 Å². The van der Waals surface area contributed by atoms with Gasteiger partial charge in [-0.1, -0.05) is 39.0 Å². The third kappa shape index (κ3) is 5.50. The molecule has 0 aromatic heterocycles. The Kier molecular flexibility index (Phi) is 7.26. The van der Waals surface area contributed by atoms with Gasteiger partial charge >= 0.3 is 0 Å². The number of ether oxygens (including phenoxy) is 2. The second-order valence-corrected chi connectivity index (χ2v) is 7.76. The minimum absolute atomic E-state index is 0.0675. The highest BCUT2D eigenvalue weighted by Crippen LogP contribution is 2.32. The molecular weight excluding hydrogens is 368 g/mol. The predicted octanol–water partition coefficient (Wildman–Crippen LogP) is 3.78. The minimum Gasteiger partial charge on any atom is -0.493 e. The first-order valence-electron chi connectivity index (χ1n) is 9.57. The van der Waals surface area contributed by atoms with E-state index in [1.165, 1.54) is 14.0 Å². The number of para-hydroxylation sites is 1. The Bertz CT molecular complexity index is 871. The Hall–Kier alpha value is -3.02. The molecule has 1 N–H and O–H groups in total. The second-order valence-electron chi connectivity index (χ2n) is 7.76. The maximum atomic E-state index is 12.5. The van der Waals surface area contributed by atoms with Gasteiger partial charge in [0.2, 0.25) is 5.91 Å². The van der Waals surface area contributed by atoms with E-state index in [0.29, 0.717) is 30.2 Å². The molecule has 6 nitrogen and oxygen atoms in total. The van der Waals surface area contributed by atoms with Crippen LogP contribution in [0.2, 0.25) is 0 Å². The molecule has 0 bridgehead atoms. The fourth-order valence-electron chi connectivity index (χ4n) is 3.15. The van der Waals surface area contributed by atoms with Crippen molar-refractivity contribution < 1.29 is 19.1 Å². The lowest BCUT2D eigenvalue weighted by atomic mass is 9.85. The summed E-state index contributed by atoms with van der Waals surface area (Å²) in [5, 5.41) is 2.87. The summed E-state index contributed by atoms with van der Waals surface area (Å²) >= 11 is 0. The topological polar surface area (TPSA) is 67.9 Å². The Morgan fingerprint density at radius 2 is 1.66 bits per heavy atom. The SMILES string of the molecule is COc1ccc(C(=O)NCCN(C(C)=O)c2ccccc2C(C)(C)C)cc1OC. The van der Waals surface area contributed by atoms with Crippen LogP contribution in [0.4, 0.5) is 5.69 Å². The number of carbonyl (C=O) groups excluding carboxylic acids is 2. The molecule has 2 aromatic rings. The van der Waals surface area contributed by atoms with Crippen molar-refractivity contribution in [3.05, 3.63) is 53.6 Å². The van der Waals surface area contributed by atoms with E-state index < -0.39 is 0 Å². The van der Waals surface area contributed by atoms with Gasteiger partial charge < -0.3 is 19.7 Å². The van der Waals surface area contributed by atoms with Gasteiger partial charge in [0.25, 0.3) is 5.91 Å². The molecule has 0 aliphatic rings. The standard InChI is InChI=1S/C23H30N2O4/c1-16(26)25(19-10-8-7-9-18(19)23(2,3)4)14-13-24-22(27)17-11-12-20(28-5)21(15-17)29-6/h7-12,15H,13-14H2,1-6H3,(H,24,27). The molecule has 0 spiro atoms. The van der Waals surface area contributed by atoms with Crippen LogP contribution in [0, 0.1) is 0 Å². The summed E-state index contributed by atoms with van der Waals surface area (Å²) in [6.45, 7) is 8.58. The number of nitrogens with one attached hydrogen (secondary N) is 1. The average Bonchev–Trinajstić information content (AvgIpc) is 2.69. The number of amides is 2. The van der Waals surface area contributed by atoms with E-state index >= 15 is 0 Å². The van der Waals surface area contributed by atoms with Crippen molar-refractivity contribution in [1.29, 1.82) is 0 Å². The molecule has 0 radical (unpaired) electrons. The number of hydrogen-bond acceptors (Lipinski definition) is 4. The second kappa shape index (κ2) is 9.45. The van der Waals surface area contributed by atoms with E-state index in [9.17, 15) is 9.59 Å². The van der Waals surface area contributed by atoms with E-state index in [4.69, 9.17) is 9.47 Å². The van der Waals surface area contributed by atoms with Crippen LogP contribution in [0.25, 0.3) is 0 Å². The summed E-state index contributed by atoms with van der Waals surface area (Å²) in [5.41, 5.74) is 2.31. The van der Waals surface area contributed by atoms with Gasteiger partial charge in [-0.3, -0.25) is 9.59 Å². The van der Waals surface area contributed by atoms with Crippen LogP contribution >= 0.6 is 0 Å². The molecule has 0 aliphatic heterocycles. The molecule has 29 heavy (non-hydrogen) atoms. The first-order chi connectivity index (χ1) is 13.7. The lowest BCUT2D eigenvalue weighted by Crippen LogP contribution is -2.38. The van der Waals surface area contributed by atoms with E-state index in [0.717, 1.165) is 11.3 Å². The van der Waals surface area contributed by atoms with Crippen molar-refractivity contribution in [2.24, 2.45) is 0 Å². The van der Waals surface area contributed by atoms with Crippen LogP contribution < -0.4 is 19.7 Å². The number of benzene rings is 2. The molecule has 2 aromatic carbocycles. The molecule has 0 fully saturated rings. The Morgan fingerprint density at radius 1 is 1.00 bits per heavy atom. The van der Waals surface area contributed by atoms with Crippen LogP contribution in [0.1, 0.15) is 43.6 Å². The number of carbonyl (C=O) groups is 2. The Morgan fingerprint density at radius 3 is 2.24 bits per heavy atom. The molecule has 2 amide bonds. The molecular formula is C23H30N2O4. The summed E-state index contributed by atoms with van der Waals surface area (Å²) in [5.74, 6) is 0.746. The summed E-state index contributed by atoms with van der Waals surface area (Å²) in [7, 11) is 3.07. The third-order valence-corrected chi connectivity index (χ3v) is 4.65. The highest BCUT2D eigenvalue weighted by atomic mass is 16.5. The van der Waals surface area contributed by atoms with Gasteiger partial charge in [-0.25, -0.2) is 0 Å². The van der Waals surface area contributed by atoms with Crippen LogP contribution in [0.3, 0.4) is 0 Å². The number of hydrogen-bond donors (Lipinski definition) is 1. The monoisotopic (exact) mass is 398 g/mol. The molecule has 0 saturated heterocycles. The fraction of sp³-hybridized carbons (Fsp3) is 0.391. The molecule has 156 valence electrons. The average molecular weight is 399 g/mol. The molecule has 0 heterocycles. The van der Waals surface area contributed by atoms with Crippen molar-refractivity contribution in [2.75, 3.05) is 32.2 Å². The zero-order chi connectivity index (χ0) is 21.6. The van der Waals surface area contributed by atoms with E-state index in [2.05, 4.69) is 26.1 Å². The zero-order valence-corrected chi connectivity index (χ0v) is 18.0. The highest BCUT2D eigenvalue weighted by Gasteiger charge is 2.22. The maximum absolute atomic E-state index is 12.5. The fourth-order valence-corrected chi connectivity index (χ4v) is 3.15. The quantitative estimate of drug-likeness (QED) is 0.771. The first kappa shape index (κ1) is 22.3. The summed E-state index contributed by atoms with van der Waals surface area (Å²) < 4.78 is 10.4. The van der Waals surface area contributed by atoms with E-state index in [-0.39, 0.29) is 17.2 Å². The van der Waals surface area contributed by atoms with Crippen molar-refractivity contribution in [3.63, 3.8) is 0 Å². The lowest BCUT2D eigenvalue weighted by Gasteiger charge is -2.29. The summed E-state index contributed by atoms with van der Waals surface area (Å²) in [6, 6.07) is 12.9. The zero-order valence-electron chi connectivity index (χ0n) is 18.0. The molecule has 0 saturated carbocycles. The Labute approximate surface area is 172 Å². The van der Waals surface area contributed by atoms with Crippen molar-refractivity contribution in [2.45, 2.75) is 33.1 Å². The van der Waals surface area contributed by atoms with Gasteiger partial charge in [-0.15, -0.1) is 0 Å².